The first-order chi connectivity index (χ1) is 9.58. The Morgan fingerprint density at radius 1 is 1.25 bits per heavy atom. The lowest BCUT2D eigenvalue weighted by molar-refractivity contribution is 0.357. The lowest BCUT2D eigenvalue weighted by Crippen LogP contribution is -2.04. The van der Waals surface area contributed by atoms with Gasteiger partial charge in [-0.05, 0) is 37.5 Å². The normalized spacial score (nSPS) is 10.5. The van der Waals surface area contributed by atoms with Gasteiger partial charge < -0.3 is 9.15 Å². The average Bonchev–Trinajstić information content (AvgIpc) is 2.40. The van der Waals surface area contributed by atoms with Crippen LogP contribution < -0.4 is 10.4 Å². The van der Waals surface area contributed by atoms with Crippen LogP contribution in [0.2, 0.25) is 0 Å². The number of rotatable bonds is 5. The number of hydrogen-bond acceptors (Lipinski definition) is 3. The van der Waals surface area contributed by atoms with Gasteiger partial charge in [0, 0.05) is 17.0 Å². The third kappa shape index (κ3) is 2.52. The fourth-order valence-corrected chi connectivity index (χ4v) is 2.31. The van der Waals surface area contributed by atoms with E-state index in [1.165, 1.54) is 6.07 Å². The Kier molecular flexibility index (Phi) is 4.08. The summed E-state index contributed by atoms with van der Waals surface area (Å²) in [5.41, 5.74) is 3.01. The molecule has 1 heterocycles. The van der Waals surface area contributed by atoms with E-state index in [4.69, 9.17) is 9.15 Å². The van der Waals surface area contributed by atoms with Crippen molar-refractivity contribution in [3.8, 4) is 5.75 Å². The molecular weight excluding hydrogens is 252 g/mol. The second-order valence-electron chi connectivity index (χ2n) is 4.71. The summed E-state index contributed by atoms with van der Waals surface area (Å²) in [6.45, 7) is 11.6. The molecule has 0 aliphatic carbocycles. The Labute approximate surface area is 118 Å². The van der Waals surface area contributed by atoms with Crippen LogP contribution in [0.5, 0.6) is 5.75 Å². The minimum Gasteiger partial charge on any atom is -0.489 e. The first-order valence-corrected chi connectivity index (χ1v) is 6.50. The van der Waals surface area contributed by atoms with Gasteiger partial charge in [-0.3, -0.25) is 0 Å². The molecule has 0 fully saturated rings. The zero-order chi connectivity index (χ0) is 14.7. The third-order valence-electron chi connectivity index (χ3n) is 3.21. The molecule has 0 bridgehead atoms. The molecule has 0 aliphatic heterocycles. The first kappa shape index (κ1) is 14.1. The van der Waals surface area contributed by atoms with Gasteiger partial charge in [-0.2, -0.15) is 0 Å². The van der Waals surface area contributed by atoms with E-state index in [2.05, 4.69) is 13.2 Å². The van der Waals surface area contributed by atoms with Gasteiger partial charge in [-0.15, -0.1) is 6.58 Å². The van der Waals surface area contributed by atoms with Crippen LogP contribution in [-0.2, 0) is 6.42 Å². The van der Waals surface area contributed by atoms with E-state index in [9.17, 15) is 4.79 Å². The highest BCUT2D eigenvalue weighted by molar-refractivity contribution is 5.86. The van der Waals surface area contributed by atoms with Gasteiger partial charge in [0.05, 0.1) is 0 Å². The van der Waals surface area contributed by atoms with Crippen LogP contribution >= 0.6 is 0 Å². The van der Waals surface area contributed by atoms with Gasteiger partial charge in [0.2, 0.25) is 0 Å². The third-order valence-corrected chi connectivity index (χ3v) is 3.21. The number of ether oxygens (including phenoxy) is 1. The summed E-state index contributed by atoms with van der Waals surface area (Å²) in [4.78, 5) is 11.6. The Bertz CT molecular complexity index is 723. The molecular formula is C17H18O3. The van der Waals surface area contributed by atoms with Crippen LogP contribution in [0.1, 0.15) is 16.7 Å². The summed E-state index contributed by atoms with van der Waals surface area (Å²) in [6.07, 6.45) is 4.21. The maximum atomic E-state index is 11.6. The predicted molar refractivity (Wildman–Crippen MR) is 81.6 cm³/mol. The van der Waals surface area contributed by atoms with Crippen LogP contribution in [0, 0.1) is 13.8 Å². The molecule has 104 valence electrons. The van der Waals surface area contributed by atoms with Crippen molar-refractivity contribution in [2.24, 2.45) is 0 Å². The monoisotopic (exact) mass is 270 g/mol. The minimum atomic E-state index is -0.343. The first-order valence-electron chi connectivity index (χ1n) is 6.50. The fraction of sp³-hybridized carbons (Fsp3) is 0.235. The molecule has 2 rings (SSSR count). The van der Waals surface area contributed by atoms with Crippen molar-refractivity contribution in [1.82, 2.24) is 0 Å². The molecule has 0 spiro atoms. The molecule has 3 heteroatoms. The molecule has 1 aromatic carbocycles. The topological polar surface area (TPSA) is 39.4 Å². The Morgan fingerprint density at radius 2 is 2.00 bits per heavy atom. The smallest absolute Gasteiger partial charge is 0.336 e. The lowest BCUT2D eigenvalue weighted by Gasteiger charge is -2.15. The molecule has 0 saturated carbocycles. The summed E-state index contributed by atoms with van der Waals surface area (Å²) in [7, 11) is 0. The highest BCUT2D eigenvalue weighted by Gasteiger charge is 2.14. The van der Waals surface area contributed by atoms with E-state index >= 15 is 0 Å². The highest BCUT2D eigenvalue weighted by Crippen LogP contribution is 2.33. The van der Waals surface area contributed by atoms with E-state index in [0.29, 0.717) is 18.6 Å². The highest BCUT2D eigenvalue weighted by atomic mass is 16.5. The second-order valence-corrected chi connectivity index (χ2v) is 4.71. The summed E-state index contributed by atoms with van der Waals surface area (Å²) >= 11 is 0. The van der Waals surface area contributed by atoms with E-state index in [1.807, 2.05) is 26.0 Å². The van der Waals surface area contributed by atoms with Crippen LogP contribution in [0.4, 0.5) is 0 Å². The molecule has 0 N–H and O–H groups in total. The molecule has 3 nitrogen and oxygen atoms in total. The standard InChI is InChI=1S/C17H18O3/c1-5-7-13-10-14-11(3)9-15(18)20-17(14)12(4)16(13)19-8-6-2/h5-6,9-10H,1-2,7-8H2,3-4H3. The average molecular weight is 270 g/mol. The summed E-state index contributed by atoms with van der Waals surface area (Å²) in [5.74, 6) is 0.742. The van der Waals surface area contributed by atoms with Gasteiger partial charge >= 0.3 is 5.63 Å². The number of allylic oxidation sites excluding steroid dienone is 1. The number of aryl methyl sites for hydroxylation is 2. The lowest BCUT2D eigenvalue weighted by atomic mass is 10.0. The molecule has 0 aliphatic rings. The van der Waals surface area contributed by atoms with Crippen molar-refractivity contribution in [1.29, 1.82) is 0 Å². The van der Waals surface area contributed by atoms with E-state index in [0.717, 1.165) is 27.8 Å². The molecule has 1 aromatic heterocycles. The molecule has 0 amide bonds. The van der Waals surface area contributed by atoms with Crippen molar-refractivity contribution < 1.29 is 9.15 Å². The van der Waals surface area contributed by atoms with Crippen molar-refractivity contribution in [3.05, 3.63) is 64.6 Å². The van der Waals surface area contributed by atoms with Crippen LogP contribution in [0.3, 0.4) is 0 Å². The molecule has 0 unspecified atom stereocenters. The van der Waals surface area contributed by atoms with Crippen LogP contribution in [-0.4, -0.2) is 6.61 Å². The molecule has 0 atom stereocenters. The summed E-state index contributed by atoms with van der Waals surface area (Å²) in [6, 6.07) is 3.50. The molecule has 0 saturated heterocycles. The number of benzene rings is 1. The Hall–Kier alpha value is -2.29. The van der Waals surface area contributed by atoms with Crippen molar-refractivity contribution in [3.63, 3.8) is 0 Å². The van der Waals surface area contributed by atoms with E-state index in [1.54, 1.807) is 6.08 Å². The number of fused-ring (bicyclic) bond motifs is 1. The van der Waals surface area contributed by atoms with E-state index < -0.39 is 0 Å². The van der Waals surface area contributed by atoms with Crippen molar-refractivity contribution in [2.75, 3.05) is 6.61 Å². The fourth-order valence-electron chi connectivity index (χ4n) is 2.31. The second kappa shape index (κ2) is 5.78. The van der Waals surface area contributed by atoms with Gasteiger partial charge in [-0.1, -0.05) is 18.7 Å². The largest absolute Gasteiger partial charge is 0.489 e. The van der Waals surface area contributed by atoms with Crippen molar-refractivity contribution >= 4 is 11.0 Å². The van der Waals surface area contributed by atoms with Gasteiger partial charge in [-0.25, -0.2) is 4.79 Å². The van der Waals surface area contributed by atoms with Crippen molar-refractivity contribution in [2.45, 2.75) is 20.3 Å². The van der Waals surface area contributed by atoms with E-state index in [-0.39, 0.29) is 5.63 Å². The maximum absolute atomic E-state index is 11.6. The SMILES string of the molecule is C=CCOc1c(CC=C)cc2c(C)cc(=O)oc2c1C. The van der Waals surface area contributed by atoms with Crippen LogP contribution in [0.15, 0.2) is 46.7 Å². The van der Waals surface area contributed by atoms with Gasteiger partial charge in [0.15, 0.2) is 0 Å². The van der Waals surface area contributed by atoms with Gasteiger partial charge in [0.25, 0.3) is 0 Å². The van der Waals surface area contributed by atoms with Crippen LogP contribution in [0.25, 0.3) is 11.0 Å². The molecule has 0 radical (unpaired) electrons. The summed E-state index contributed by atoms with van der Waals surface area (Å²) in [5, 5.41) is 0.935. The maximum Gasteiger partial charge on any atom is 0.336 e. The minimum absolute atomic E-state index is 0.343. The molecule has 2 aromatic rings. The zero-order valence-electron chi connectivity index (χ0n) is 11.9. The quantitative estimate of drug-likeness (QED) is 0.614. The van der Waals surface area contributed by atoms with Gasteiger partial charge in [0.1, 0.15) is 17.9 Å². The Balaban J connectivity index is 2.77. The summed E-state index contributed by atoms with van der Waals surface area (Å²) < 4.78 is 11.1. The Morgan fingerprint density at radius 3 is 2.65 bits per heavy atom. The number of hydrogen-bond donors (Lipinski definition) is 0. The molecule has 20 heavy (non-hydrogen) atoms. The zero-order valence-corrected chi connectivity index (χ0v) is 11.9. The predicted octanol–water partition coefficient (Wildman–Crippen LogP) is 3.70.